The van der Waals surface area contributed by atoms with Crippen LogP contribution in [-0.2, 0) is 0 Å². The number of nitrogens with one attached hydrogen (secondary N) is 1. The Morgan fingerprint density at radius 2 is 0.836 bits per heavy atom. The Labute approximate surface area is 317 Å². The molecule has 5 nitrogen and oxygen atoms in total. The lowest BCUT2D eigenvalue weighted by Gasteiger charge is -2.12. The minimum absolute atomic E-state index is 0.921. The zero-order chi connectivity index (χ0) is 36.3. The smallest absolute Gasteiger partial charge is 0.145 e. The molecule has 0 spiro atoms. The molecule has 0 saturated carbocycles. The third-order valence-corrected chi connectivity index (χ3v) is 10.7. The van der Waals surface area contributed by atoms with E-state index < -0.39 is 0 Å². The second-order valence-electron chi connectivity index (χ2n) is 14.0. The number of fused-ring (bicyclic) bond motifs is 5. The summed E-state index contributed by atoms with van der Waals surface area (Å²) in [5.41, 5.74) is 15.3. The number of hydrogen-bond donors (Lipinski definition) is 1. The molecular weight excluding hydrogens is 671 g/mol. The van der Waals surface area contributed by atoms with Crippen molar-refractivity contribution in [3.05, 3.63) is 194 Å². The Bertz CT molecular complexity index is 3170. The topological polar surface area (TPSA) is 51.4 Å². The Morgan fingerprint density at radius 3 is 1.42 bits per heavy atom. The van der Waals surface area contributed by atoms with Crippen molar-refractivity contribution in [3.8, 4) is 56.4 Å². The largest absolute Gasteiger partial charge is 0.354 e. The number of hydrogen-bond acceptors (Lipinski definition) is 2. The molecule has 0 saturated heterocycles. The molecule has 8 aromatic carbocycles. The first-order valence-corrected chi connectivity index (χ1v) is 18.6. The molecule has 0 aliphatic rings. The highest BCUT2D eigenvalue weighted by Gasteiger charge is 2.18. The van der Waals surface area contributed by atoms with Gasteiger partial charge in [0.15, 0.2) is 0 Å². The second kappa shape index (κ2) is 12.6. The fourth-order valence-electron chi connectivity index (χ4n) is 8.07. The molecule has 0 bridgehead atoms. The van der Waals surface area contributed by atoms with E-state index in [1.54, 1.807) is 0 Å². The van der Waals surface area contributed by atoms with Gasteiger partial charge in [0.1, 0.15) is 11.6 Å². The number of H-pyrrole nitrogens is 1. The fourth-order valence-corrected chi connectivity index (χ4v) is 8.07. The summed E-state index contributed by atoms with van der Waals surface area (Å²) in [5.74, 6) is 1.84. The van der Waals surface area contributed by atoms with Crippen molar-refractivity contribution in [2.24, 2.45) is 0 Å². The van der Waals surface area contributed by atoms with Gasteiger partial charge >= 0.3 is 0 Å². The van der Waals surface area contributed by atoms with Gasteiger partial charge in [0.05, 0.1) is 27.6 Å². The number of nitrogens with zero attached hydrogens (tertiary/aromatic N) is 4. The summed E-state index contributed by atoms with van der Waals surface area (Å²) in [7, 11) is 0. The monoisotopic (exact) mass is 703 g/mol. The van der Waals surface area contributed by atoms with E-state index in [9.17, 15) is 0 Å². The van der Waals surface area contributed by atoms with Gasteiger partial charge in [-0.3, -0.25) is 9.13 Å². The average molecular weight is 704 g/mol. The van der Waals surface area contributed by atoms with Crippen molar-refractivity contribution in [2.75, 3.05) is 0 Å². The van der Waals surface area contributed by atoms with Gasteiger partial charge in [0, 0.05) is 44.4 Å². The minimum Gasteiger partial charge on any atom is -0.354 e. The van der Waals surface area contributed by atoms with Crippen molar-refractivity contribution >= 4 is 43.9 Å². The maximum Gasteiger partial charge on any atom is 0.145 e. The predicted octanol–water partition coefficient (Wildman–Crippen LogP) is 12.7. The van der Waals surface area contributed by atoms with Crippen molar-refractivity contribution in [2.45, 2.75) is 0 Å². The lowest BCUT2D eigenvalue weighted by Crippen LogP contribution is -1.97. The van der Waals surface area contributed by atoms with Gasteiger partial charge in [-0.1, -0.05) is 127 Å². The van der Waals surface area contributed by atoms with Gasteiger partial charge in [0.2, 0.25) is 0 Å². The fraction of sp³-hybridized carbons (Fsp3) is 0. The maximum atomic E-state index is 5.11. The molecule has 1 N–H and O–H groups in total. The zero-order valence-electron chi connectivity index (χ0n) is 29.8. The highest BCUT2D eigenvalue weighted by Crippen LogP contribution is 2.39. The van der Waals surface area contributed by atoms with E-state index in [4.69, 9.17) is 9.97 Å². The van der Waals surface area contributed by atoms with Gasteiger partial charge < -0.3 is 4.98 Å². The normalized spacial score (nSPS) is 11.6. The van der Waals surface area contributed by atoms with Gasteiger partial charge in [-0.25, -0.2) is 9.97 Å². The molecule has 0 unspecified atom stereocenters. The molecule has 11 rings (SSSR count). The van der Waals surface area contributed by atoms with Crippen LogP contribution in [0.15, 0.2) is 194 Å². The van der Waals surface area contributed by atoms with Crippen molar-refractivity contribution in [1.82, 2.24) is 24.1 Å². The van der Waals surface area contributed by atoms with E-state index in [1.165, 1.54) is 10.8 Å². The summed E-state index contributed by atoms with van der Waals surface area (Å²) >= 11 is 0. The summed E-state index contributed by atoms with van der Waals surface area (Å²) in [6.07, 6.45) is 0. The molecule has 0 atom stereocenters. The number of aromatic amines is 1. The van der Waals surface area contributed by atoms with Crippen LogP contribution in [0.1, 0.15) is 0 Å². The molecule has 11 aromatic rings. The Morgan fingerprint density at radius 1 is 0.364 bits per heavy atom. The van der Waals surface area contributed by atoms with E-state index in [2.05, 4.69) is 184 Å². The van der Waals surface area contributed by atoms with Crippen molar-refractivity contribution < 1.29 is 0 Å². The van der Waals surface area contributed by atoms with Crippen LogP contribution in [-0.4, -0.2) is 24.1 Å². The molecule has 0 amide bonds. The van der Waals surface area contributed by atoms with Crippen LogP contribution in [0.25, 0.3) is 100 Å². The standard InChI is InChI=1S/C50H33N5/c1-3-13-38(14-4-1)54-46-21-11-9-19-44(46)52-49(54)35-27-23-33(24-28-35)37-31-41(48-42(32-37)40-17-7-8-18-43(40)51-48)34-25-29-36(30-26-34)50-53-45-20-10-12-22-47(45)55(50)39-15-5-2-6-16-39/h1-32,51H. The molecule has 5 heteroatoms. The first-order valence-electron chi connectivity index (χ1n) is 18.6. The molecule has 3 heterocycles. The summed E-state index contributed by atoms with van der Waals surface area (Å²) in [4.78, 5) is 14.0. The number of para-hydroxylation sites is 7. The number of rotatable bonds is 6. The lowest BCUT2D eigenvalue weighted by molar-refractivity contribution is 1.10. The van der Waals surface area contributed by atoms with E-state index in [0.29, 0.717) is 0 Å². The van der Waals surface area contributed by atoms with Crippen LogP contribution in [0, 0.1) is 0 Å². The van der Waals surface area contributed by atoms with Crippen LogP contribution in [0.4, 0.5) is 0 Å². The predicted molar refractivity (Wildman–Crippen MR) is 227 cm³/mol. The van der Waals surface area contributed by atoms with E-state index >= 15 is 0 Å². The third kappa shape index (κ3) is 5.17. The first-order chi connectivity index (χ1) is 27.3. The Hall–Kier alpha value is -7.50. The highest BCUT2D eigenvalue weighted by atomic mass is 15.1. The molecule has 258 valence electrons. The van der Waals surface area contributed by atoms with Crippen molar-refractivity contribution in [1.29, 1.82) is 0 Å². The Kier molecular flexibility index (Phi) is 7.10. The Balaban J connectivity index is 1.03. The van der Waals surface area contributed by atoms with Crippen molar-refractivity contribution in [3.63, 3.8) is 0 Å². The van der Waals surface area contributed by atoms with Crippen LogP contribution < -0.4 is 0 Å². The van der Waals surface area contributed by atoms with E-state index in [-0.39, 0.29) is 0 Å². The van der Waals surface area contributed by atoms with Crippen LogP contribution in [0.2, 0.25) is 0 Å². The van der Waals surface area contributed by atoms with Gasteiger partial charge in [0.25, 0.3) is 0 Å². The SMILES string of the molecule is c1ccc(-n2c(-c3ccc(-c4cc(-c5ccc(-c6nc7ccccc7n6-c6ccccc6)cc5)c5[nH]c6ccccc6c5c4)cc3)nc3ccccc32)cc1. The third-order valence-electron chi connectivity index (χ3n) is 10.7. The maximum absolute atomic E-state index is 5.11. The summed E-state index contributed by atoms with van der Waals surface area (Å²) in [6.45, 7) is 0. The van der Waals surface area contributed by atoms with Gasteiger partial charge in [-0.05, 0) is 83.4 Å². The molecule has 55 heavy (non-hydrogen) atoms. The molecular formula is C50H33N5. The van der Waals surface area contributed by atoms with E-state index in [1.807, 2.05) is 24.3 Å². The first kappa shape index (κ1) is 31.1. The van der Waals surface area contributed by atoms with Gasteiger partial charge in [-0.15, -0.1) is 0 Å². The number of benzene rings is 8. The number of aromatic nitrogens is 5. The average Bonchev–Trinajstić information content (AvgIpc) is 3.96. The molecule has 0 fully saturated rings. The van der Waals surface area contributed by atoms with E-state index in [0.717, 1.165) is 89.5 Å². The molecule has 0 radical (unpaired) electrons. The summed E-state index contributed by atoms with van der Waals surface area (Å²) < 4.78 is 4.50. The number of imidazole rings is 2. The van der Waals surface area contributed by atoms with Crippen LogP contribution in [0.3, 0.4) is 0 Å². The molecule has 0 aliphatic carbocycles. The minimum atomic E-state index is 0.921. The zero-order valence-corrected chi connectivity index (χ0v) is 29.8. The van der Waals surface area contributed by atoms with Gasteiger partial charge in [-0.2, -0.15) is 0 Å². The quantitative estimate of drug-likeness (QED) is 0.187. The lowest BCUT2D eigenvalue weighted by atomic mass is 9.94. The molecule has 0 aliphatic heterocycles. The van der Waals surface area contributed by atoms with Crippen LogP contribution in [0.5, 0.6) is 0 Å². The molecule has 3 aromatic heterocycles. The summed E-state index contributed by atoms with van der Waals surface area (Å²) in [6, 6.07) is 68.5. The van der Waals surface area contributed by atoms with Crippen LogP contribution >= 0.6 is 0 Å². The highest BCUT2D eigenvalue weighted by molar-refractivity contribution is 6.13. The second-order valence-corrected chi connectivity index (χ2v) is 14.0. The summed E-state index contributed by atoms with van der Waals surface area (Å²) in [5, 5.41) is 2.41.